The van der Waals surface area contributed by atoms with Crippen molar-refractivity contribution in [3.8, 4) is 5.75 Å². The summed E-state index contributed by atoms with van der Waals surface area (Å²) < 4.78 is 73.1. The average molecular weight is 649 g/mol. The Kier molecular flexibility index (Phi) is 10.1. The number of hydrogen-bond donors (Lipinski definition) is 3. The van der Waals surface area contributed by atoms with Gasteiger partial charge in [0.2, 0.25) is 10.0 Å². The molecule has 3 amide bonds. The first-order valence-corrected chi connectivity index (χ1v) is 15.6. The van der Waals surface area contributed by atoms with Gasteiger partial charge in [0, 0.05) is 25.2 Å². The molecule has 0 unspecified atom stereocenters. The Balaban J connectivity index is 1.65. The van der Waals surface area contributed by atoms with Crippen molar-refractivity contribution in [2.75, 3.05) is 37.4 Å². The van der Waals surface area contributed by atoms with E-state index in [4.69, 9.17) is 4.74 Å². The molecule has 0 bridgehead atoms. The molecule has 0 fully saturated rings. The highest BCUT2D eigenvalue weighted by molar-refractivity contribution is 7.89. The monoisotopic (exact) mass is 648 g/mol. The number of alkyl halides is 3. The summed E-state index contributed by atoms with van der Waals surface area (Å²) in [5.74, 6) is -0.914. The van der Waals surface area contributed by atoms with Crippen LogP contribution in [0.3, 0.4) is 0 Å². The third-order valence-electron chi connectivity index (χ3n) is 7.58. The second kappa shape index (κ2) is 13.5. The largest absolute Gasteiger partial charge is 0.486 e. The Morgan fingerprint density at radius 3 is 2.33 bits per heavy atom. The zero-order valence-electron chi connectivity index (χ0n) is 25.1. The van der Waals surface area contributed by atoms with Crippen LogP contribution >= 0.6 is 0 Å². The number of para-hydroxylation sites is 1. The lowest BCUT2D eigenvalue weighted by atomic mass is 9.99. The van der Waals surface area contributed by atoms with E-state index in [2.05, 4.69) is 10.6 Å². The Labute approximate surface area is 259 Å². The normalized spacial score (nSPS) is 18.0. The van der Waals surface area contributed by atoms with Gasteiger partial charge in [0.15, 0.2) is 5.75 Å². The summed E-state index contributed by atoms with van der Waals surface area (Å²) in [7, 11) is -2.49. The Hall–Kier alpha value is -4.14. The fraction of sp³-hybridized carbons (Fsp3) is 0.355. The van der Waals surface area contributed by atoms with E-state index in [1.54, 1.807) is 26.0 Å². The van der Waals surface area contributed by atoms with Crippen LogP contribution < -0.4 is 15.4 Å². The number of aliphatic hydroxyl groups excluding tert-OH is 1. The number of carbonyl (C=O) groups is 2. The van der Waals surface area contributed by atoms with E-state index in [9.17, 15) is 36.3 Å². The van der Waals surface area contributed by atoms with Gasteiger partial charge in [-0.15, -0.1) is 0 Å². The maximum absolute atomic E-state index is 13.7. The topological polar surface area (TPSA) is 128 Å². The van der Waals surface area contributed by atoms with Gasteiger partial charge in [-0.2, -0.15) is 17.5 Å². The zero-order chi connectivity index (χ0) is 33.1. The van der Waals surface area contributed by atoms with Gasteiger partial charge in [-0.3, -0.25) is 4.79 Å². The lowest BCUT2D eigenvalue weighted by Crippen LogP contribution is -2.50. The number of carbonyl (C=O) groups excluding carboxylic acids is 2. The molecular weight excluding hydrogens is 613 g/mol. The van der Waals surface area contributed by atoms with Crippen molar-refractivity contribution in [3.05, 3.63) is 83.4 Å². The van der Waals surface area contributed by atoms with Gasteiger partial charge >= 0.3 is 12.2 Å². The van der Waals surface area contributed by atoms with Crippen molar-refractivity contribution >= 4 is 33.3 Å². The smallest absolute Gasteiger partial charge is 0.416 e. The van der Waals surface area contributed by atoms with Crippen molar-refractivity contribution in [3.63, 3.8) is 0 Å². The molecule has 45 heavy (non-hydrogen) atoms. The van der Waals surface area contributed by atoms with Crippen LogP contribution in [0.1, 0.15) is 35.3 Å². The number of ether oxygens (including phenoxy) is 1. The summed E-state index contributed by atoms with van der Waals surface area (Å²) in [5, 5.41) is 14.9. The molecule has 1 aliphatic rings. The fourth-order valence-corrected chi connectivity index (χ4v) is 6.01. The highest BCUT2D eigenvalue weighted by Gasteiger charge is 2.36. The number of rotatable bonds is 8. The van der Waals surface area contributed by atoms with Gasteiger partial charge < -0.3 is 25.4 Å². The molecule has 1 aliphatic heterocycles. The Morgan fingerprint density at radius 1 is 1.09 bits per heavy atom. The number of benzene rings is 3. The summed E-state index contributed by atoms with van der Waals surface area (Å²) in [4.78, 5) is 28.2. The maximum Gasteiger partial charge on any atom is 0.416 e. The summed E-state index contributed by atoms with van der Waals surface area (Å²) in [6, 6.07) is 13.4. The van der Waals surface area contributed by atoms with Crippen molar-refractivity contribution in [2.24, 2.45) is 5.92 Å². The lowest BCUT2D eigenvalue weighted by molar-refractivity contribution is -0.137. The molecule has 0 spiro atoms. The minimum Gasteiger partial charge on any atom is -0.486 e. The van der Waals surface area contributed by atoms with E-state index >= 15 is 0 Å². The number of aryl methyl sites for hydroxylation is 1. The summed E-state index contributed by atoms with van der Waals surface area (Å²) in [6.07, 6.45) is -5.34. The highest BCUT2D eigenvalue weighted by atomic mass is 32.2. The number of urea groups is 1. The van der Waals surface area contributed by atoms with E-state index in [1.165, 1.54) is 42.3 Å². The average Bonchev–Trinajstić information content (AvgIpc) is 2.98. The van der Waals surface area contributed by atoms with Crippen molar-refractivity contribution in [1.29, 1.82) is 0 Å². The van der Waals surface area contributed by atoms with Gasteiger partial charge in [-0.1, -0.05) is 30.7 Å². The summed E-state index contributed by atoms with van der Waals surface area (Å²) in [5.41, 5.74) is 0.263. The Morgan fingerprint density at radius 2 is 1.73 bits per heavy atom. The van der Waals surface area contributed by atoms with Crippen LogP contribution in [-0.2, 0) is 16.2 Å². The number of amides is 3. The van der Waals surface area contributed by atoms with Crippen molar-refractivity contribution in [2.45, 2.75) is 44.0 Å². The number of anilines is 2. The molecule has 0 saturated heterocycles. The molecule has 4 rings (SSSR count). The first-order chi connectivity index (χ1) is 21.1. The first-order valence-electron chi connectivity index (χ1n) is 14.1. The predicted octanol–water partition coefficient (Wildman–Crippen LogP) is 5.20. The minimum absolute atomic E-state index is 0.0158. The molecule has 3 N–H and O–H groups in total. The Bertz CT molecular complexity index is 1630. The van der Waals surface area contributed by atoms with Crippen LogP contribution in [0, 0.1) is 12.8 Å². The van der Waals surface area contributed by atoms with Crippen molar-refractivity contribution < 1.29 is 41.0 Å². The van der Waals surface area contributed by atoms with Crippen LogP contribution in [0.2, 0.25) is 0 Å². The highest BCUT2D eigenvalue weighted by Crippen LogP contribution is 2.36. The second-order valence-electron chi connectivity index (χ2n) is 11.1. The fourth-order valence-electron chi connectivity index (χ4n) is 4.83. The summed E-state index contributed by atoms with van der Waals surface area (Å²) in [6.45, 7) is 5.02. The lowest BCUT2D eigenvalue weighted by Gasteiger charge is -2.38. The quantitative estimate of drug-likeness (QED) is 0.308. The van der Waals surface area contributed by atoms with Gasteiger partial charge in [0.1, 0.15) is 6.10 Å². The number of nitrogens with zero attached hydrogens (tertiary/aromatic N) is 2. The van der Waals surface area contributed by atoms with Gasteiger partial charge in [0.25, 0.3) is 5.91 Å². The number of likely N-dealkylation sites (N-methyl/N-ethyl adjacent to an activating group) is 1. The van der Waals surface area contributed by atoms with E-state index in [1.807, 2.05) is 6.92 Å². The number of halogens is 3. The molecule has 14 heteroatoms. The molecular formula is C31H35F3N4O6S. The molecule has 1 heterocycles. The molecule has 3 aromatic rings. The molecule has 242 valence electrons. The molecule has 3 atom stereocenters. The van der Waals surface area contributed by atoms with Crippen LogP contribution in [0.4, 0.5) is 29.3 Å². The van der Waals surface area contributed by atoms with E-state index in [0.717, 1.165) is 34.1 Å². The number of nitrogens with one attached hydrogen (secondary N) is 2. The number of hydrogen-bond acceptors (Lipinski definition) is 6. The zero-order valence-corrected chi connectivity index (χ0v) is 25.9. The summed E-state index contributed by atoms with van der Waals surface area (Å²) >= 11 is 0. The number of fused-ring (bicyclic) bond motifs is 1. The van der Waals surface area contributed by atoms with Gasteiger partial charge in [0.05, 0.1) is 40.9 Å². The third kappa shape index (κ3) is 7.75. The van der Waals surface area contributed by atoms with E-state index in [0.29, 0.717) is 0 Å². The van der Waals surface area contributed by atoms with Crippen LogP contribution in [0.25, 0.3) is 0 Å². The number of aliphatic hydroxyl groups is 1. The maximum atomic E-state index is 13.7. The van der Waals surface area contributed by atoms with E-state index < -0.39 is 51.8 Å². The van der Waals surface area contributed by atoms with Gasteiger partial charge in [-0.05, 0) is 62.4 Å². The molecule has 0 saturated carbocycles. The van der Waals surface area contributed by atoms with E-state index in [-0.39, 0.29) is 47.3 Å². The molecule has 3 aromatic carbocycles. The molecule has 0 aliphatic carbocycles. The second-order valence-corrected chi connectivity index (χ2v) is 13.1. The molecule has 0 radical (unpaired) electrons. The molecule has 10 nitrogen and oxygen atoms in total. The van der Waals surface area contributed by atoms with Crippen molar-refractivity contribution in [1.82, 2.24) is 9.21 Å². The van der Waals surface area contributed by atoms with Crippen LogP contribution in [0.15, 0.2) is 71.6 Å². The number of sulfonamides is 1. The SMILES string of the molecule is Cc1ccc(S(=O)(=O)N(C)C[C@@H]2Oc3c(NC(=O)Nc4ccc(C(F)(F)F)cc4)cccc3C(=O)N([C@@H](C)CO)C[C@@H]2C)cc1. The molecule has 0 aromatic heterocycles. The van der Waals surface area contributed by atoms with Crippen LogP contribution in [-0.4, -0.2) is 73.6 Å². The predicted molar refractivity (Wildman–Crippen MR) is 163 cm³/mol. The van der Waals surface area contributed by atoms with Gasteiger partial charge in [-0.25, -0.2) is 13.2 Å². The standard InChI is InChI=1S/C31H35F3N4O6S/c1-19-8-14-24(15-9-19)45(42,43)37(4)17-27-20(2)16-38(21(3)18-39)29(40)25-6-5-7-26(28(25)44-27)36-30(41)35-23-12-10-22(11-13-23)31(32,33)34/h5-15,20-21,27,39H,16-18H2,1-4H3,(H2,35,36,41)/t20-,21-,27-/m0/s1. The van der Waals surface area contributed by atoms with Crippen LogP contribution in [0.5, 0.6) is 5.75 Å². The minimum atomic E-state index is -4.53. The third-order valence-corrected chi connectivity index (χ3v) is 9.41. The first kappa shape index (κ1) is 33.7.